The standard InChI is InChI=1S/C8H12F6/c1-6(2,3)4-7(10,11)5(9)8(12,13)14/h5H,4H2,1-3H3. The Balaban J connectivity index is 4.63. The van der Waals surface area contributed by atoms with Crippen LogP contribution in [0, 0.1) is 5.41 Å². The maximum atomic E-state index is 12.7. The van der Waals surface area contributed by atoms with E-state index in [-0.39, 0.29) is 0 Å². The largest absolute Gasteiger partial charge is 0.425 e. The summed E-state index contributed by atoms with van der Waals surface area (Å²) in [5.74, 6) is -4.36. The molecule has 0 aromatic heterocycles. The van der Waals surface area contributed by atoms with E-state index in [1.54, 1.807) is 0 Å². The maximum absolute atomic E-state index is 12.7. The molecule has 0 saturated carbocycles. The first-order chi connectivity index (χ1) is 5.86. The molecule has 0 spiro atoms. The summed E-state index contributed by atoms with van der Waals surface area (Å²) in [4.78, 5) is 0. The summed E-state index contributed by atoms with van der Waals surface area (Å²) in [6, 6.07) is 0. The van der Waals surface area contributed by atoms with Crippen molar-refractivity contribution in [2.75, 3.05) is 0 Å². The molecule has 0 nitrogen and oxygen atoms in total. The Morgan fingerprint density at radius 1 is 0.929 bits per heavy atom. The molecule has 0 bridgehead atoms. The summed E-state index contributed by atoms with van der Waals surface area (Å²) < 4.78 is 72.8. The molecule has 86 valence electrons. The predicted octanol–water partition coefficient (Wildman–Crippen LogP) is 3.96. The Morgan fingerprint density at radius 3 is 1.50 bits per heavy atom. The molecule has 0 saturated heterocycles. The van der Waals surface area contributed by atoms with Gasteiger partial charge in [-0.15, -0.1) is 0 Å². The summed E-state index contributed by atoms with van der Waals surface area (Å²) in [6.07, 6.45) is -10.7. The lowest BCUT2D eigenvalue weighted by molar-refractivity contribution is -0.250. The molecule has 14 heavy (non-hydrogen) atoms. The van der Waals surface area contributed by atoms with Crippen LogP contribution in [0.5, 0.6) is 0 Å². The van der Waals surface area contributed by atoms with Gasteiger partial charge < -0.3 is 0 Å². The first-order valence-electron chi connectivity index (χ1n) is 3.95. The Kier molecular flexibility index (Phi) is 3.51. The Morgan fingerprint density at radius 2 is 1.29 bits per heavy atom. The van der Waals surface area contributed by atoms with Crippen molar-refractivity contribution >= 4 is 0 Å². The van der Waals surface area contributed by atoms with Crippen LogP contribution in [0.1, 0.15) is 27.2 Å². The number of alkyl halides is 6. The van der Waals surface area contributed by atoms with E-state index in [1.165, 1.54) is 20.8 Å². The lowest BCUT2D eigenvalue weighted by atomic mass is 9.87. The summed E-state index contributed by atoms with van der Waals surface area (Å²) in [7, 11) is 0. The van der Waals surface area contributed by atoms with Crippen molar-refractivity contribution in [1.82, 2.24) is 0 Å². The average Bonchev–Trinajstić information content (AvgIpc) is 1.78. The van der Waals surface area contributed by atoms with Gasteiger partial charge in [-0.1, -0.05) is 20.8 Å². The van der Waals surface area contributed by atoms with Gasteiger partial charge in [0.2, 0.25) is 0 Å². The molecule has 1 atom stereocenters. The van der Waals surface area contributed by atoms with Gasteiger partial charge in [-0.25, -0.2) is 13.2 Å². The topological polar surface area (TPSA) is 0 Å². The van der Waals surface area contributed by atoms with Crippen molar-refractivity contribution in [1.29, 1.82) is 0 Å². The van der Waals surface area contributed by atoms with Gasteiger partial charge in [0, 0.05) is 6.42 Å². The third-order valence-corrected chi connectivity index (χ3v) is 1.42. The molecule has 6 heteroatoms. The summed E-state index contributed by atoms with van der Waals surface area (Å²) in [6.45, 7) is 3.97. The zero-order valence-electron chi connectivity index (χ0n) is 8.05. The predicted molar refractivity (Wildman–Crippen MR) is 40.0 cm³/mol. The fourth-order valence-corrected chi connectivity index (χ4v) is 1.04. The second kappa shape index (κ2) is 3.62. The first-order valence-corrected chi connectivity index (χ1v) is 3.95. The third-order valence-electron chi connectivity index (χ3n) is 1.42. The molecule has 0 aromatic rings. The van der Waals surface area contributed by atoms with E-state index in [2.05, 4.69) is 0 Å². The molecule has 0 rings (SSSR count). The van der Waals surface area contributed by atoms with Crippen molar-refractivity contribution < 1.29 is 26.3 Å². The summed E-state index contributed by atoms with van der Waals surface area (Å²) >= 11 is 0. The van der Waals surface area contributed by atoms with Crippen LogP contribution in [-0.2, 0) is 0 Å². The van der Waals surface area contributed by atoms with Crippen molar-refractivity contribution in [3.63, 3.8) is 0 Å². The van der Waals surface area contributed by atoms with E-state index in [4.69, 9.17) is 0 Å². The number of rotatable bonds is 2. The molecule has 0 aliphatic carbocycles. The zero-order valence-corrected chi connectivity index (χ0v) is 8.05. The fourth-order valence-electron chi connectivity index (χ4n) is 1.04. The summed E-state index contributed by atoms with van der Waals surface area (Å²) in [5, 5.41) is 0. The zero-order chi connectivity index (χ0) is 11.8. The molecular weight excluding hydrogens is 210 g/mol. The molecular formula is C8H12F6. The SMILES string of the molecule is CC(C)(C)CC(F)(F)C(F)C(F)(F)F. The lowest BCUT2D eigenvalue weighted by Gasteiger charge is -2.28. The number of hydrogen-bond acceptors (Lipinski definition) is 0. The minimum Gasteiger partial charge on any atom is -0.231 e. The van der Waals surface area contributed by atoms with Crippen LogP contribution in [0.3, 0.4) is 0 Å². The van der Waals surface area contributed by atoms with Gasteiger partial charge >= 0.3 is 6.18 Å². The second-order valence-electron chi connectivity index (χ2n) is 4.40. The van der Waals surface area contributed by atoms with Crippen LogP contribution in [-0.4, -0.2) is 18.3 Å². The van der Waals surface area contributed by atoms with Gasteiger partial charge in [0.25, 0.3) is 12.1 Å². The fraction of sp³-hybridized carbons (Fsp3) is 1.00. The van der Waals surface area contributed by atoms with Crippen LogP contribution in [0.15, 0.2) is 0 Å². The summed E-state index contributed by atoms with van der Waals surface area (Å²) in [5.41, 5.74) is -1.06. The van der Waals surface area contributed by atoms with Gasteiger partial charge in [-0.3, -0.25) is 0 Å². The normalized spacial score (nSPS) is 16.9. The Labute approximate surface area is 78.3 Å². The molecule has 0 aliphatic rings. The molecule has 0 aromatic carbocycles. The van der Waals surface area contributed by atoms with Gasteiger partial charge in [-0.05, 0) is 5.41 Å². The highest BCUT2D eigenvalue weighted by atomic mass is 19.4. The number of halogens is 6. The average molecular weight is 222 g/mol. The highest BCUT2D eigenvalue weighted by molar-refractivity contribution is 4.86. The van der Waals surface area contributed by atoms with Crippen molar-refractivity contribution in [2.45, 2.75) is 45.5 Å². The van der Waals surface area contributed by atoms with Crippen LogP contribution in [0.4, 0.5) is 26.3 Å². The molecule has 0 amide bonds. The quantitative estimate of drug-likeness (QED) is 0.620. The molecule has 0 heterocycles. The van der Waals surface area contributed by atoms with Crippen LogP contribution in [0.2, 0.25) is 0 Å². The van der Waals surface area contributed by atoms with E-state index in [0.717, 1.165) is 0 Å². The van der Waals surface area contributed by atoms with E-state index in [9.17, 15) is 26.3 Å². The van der Waals surface area contributed by atoms with E-state index in [1.807, 2.05) is 0 Å². The third kappa shape index (κ3) is 4.19. The molecule has 0 radical (unpaired) electrons. The van der Waals surface area contributed by atoms with Gasteiger partial charge in [0.1, 0.15) is 0 Å². The van der Waals surface area contributed by atoms with E-state index in [0.29, 0.717) is 0 Å². The van der Waals surface area contributed by atoms with Crippen molar-refractivity contribution in [2.24, 2.45) is 5.41 Å². The van der Waals surface area contributed by atoms with Crippen LogP contribution < -0.4 is 0 Å². The molecule has 0 N–H and O–H groups in total. The molecule has 1 unspecified atom stereocenters. The van der Waals surface area contributed by atoms with Crippen LogP contribution in [0.25, 0.3) is 0 Å². The Bertz CT molecular complexity index is 187. The van der Waals surface area contributed by atoms with Gasteiger partial charge in [-0.2, -0.15) is 13.2 Å². The van der Waals surface area contributed by atoms with E-state index >= 15 is 0 Å². The van der Waals surface area contributed by atoms with Crippen molar-refractivity contribution in [3.05, 3.63) is 0 Å². The molecule has 0 aliphatic heterocycles. The lowest BCUT2D eigenvalue weighted by Crippen LogP contribution is -2.43. The highest BCUT2D eigenvalue weighted by Crippen LogP contribution is 2.41. The van der Waals surface area contributed by atoms with Gasteiger partial charge in [0.15, 0.2) is 0 Å². The number of hydrogen-bond donors (Lipinski definition) is 0. The van der Waals surface area contributed by atoms with E-state index < -0.39 is 30.1 Å². The minimum absolute atomic E-state index is 1.06. The highest BCUT2D eigenvalue weighted by Gasteiger charge is 2.57. The Hall–Kier alpha value is -0.420. The first kappa shape index (κ1) is 13.6. The smallest absolute Gasteiger partial charge is 0.231 e. The van der Waals surface area contributed by atoms with Crippen LogP contribution >= 0.6 is 0 Å². The molecule has 0 fully saturated rings. The minimum atomic E-state index is -5.51. The van der Waals surface area contributed by atoms with Gasteiger partial charge in [0.05, 0.1) is 0 Å². The maximum Gasteiger partial charge on any atom is 0.425 e. The second-order valence-corrected chi connectivity index (χ2v) is 4.40. The van der Waals surface area contributed by atoms with Crippen molar-refractivity contribution in [3.8, 4) is 0 Å². The monoisotopic (exact) mass is 222 g/mol.